The first-order valence-corrected chi connectivity index (χ1v) is 11.6. The molecule has 2 atom stereocenters. The first kappa shape index (κ1) is 20.5. The molecule has 2 aromatic rings. The number of rotatable bonds is 4. The molecule has 1 aromatic heterocycles. The number of aromatic nitrogens is 2. The second-order valence-electron chi connectivity index (χ2n) is 9.37. The van der Waals surface area contributed by atoms with Crippen LogP contribution in [0.3, 0.4) is 0 Å². The van der Waals surface area contributed by atoms with Gasteiger partial charge in [0.2, 0.25) is 0 Å². The summed E-state index contributed by atoms with van der Waals surface area (Å²) < 4.78 is 2.18. The summed E-state index contributed by atoms with van der Waals surface area (Å²) in [5.41, 5.74) is 3.59. The molecule has 1 aliphatic carbocycles. The summed E-state index contributed by atoms with van der Waals surface area (Å²) in [5, 5.41) is 23.8. The molecular weight excluding hydrogens is 392 g/mol. The van der Waals surface area contributed by atoms with E-state index in [1.54, 1.807) is 0 Å². The molecule has 2 fully saturated rings. The fourth-order valence-electron chi connectivity index (χ4n) is 5.57. The molecule has 1 saturated heterocycles. The summed E-state index contributed by atoms with van der Waals surface area (Å²) in [5.74, 6) is 0.202. The van der Waals surface area contributed by atoms with E-state index in [1.165, 1.54) is 11.1 Å². The van der Waals surface area contributed by atoms with E-state index in [2.05, 4.69) is 33.1 Å². The number of urea groups is 1. The third-order valence-corrected chi connectivity index (χ3v) is 7.46. The molecule has 0 radical (unpaired) electrons. The average Bonchev–Trinajstić information content (AvgIpc) is 3.38. The van der Waals surface area contributed by atoms with Gasteiger partial charge in [-0.25, -0.2) is 9.78 Å². The van der Waals surface area contributed by atoms with Crippen LogP contribution >= 0.6 is 0 Å². The van der Waals surface area contributed by atoms with Gasteiger partial charge in [0.1, 0.15) is 0 Å². The van der Waals surface area contributed by atoms with Crippen molar-refractivity contribution in [3.05, 3.63) is 42.4 Å². The van der Waals surface area contributed by atoms with Gasteiger partial charge in [-0.3, -0.25) is 0 Å². The molecule has 1 saturated carbocycles. The minimum Gasteiger partial charge on any atom is -0.393 e. The van der Waals surface area contributed by atoms with Crippen LogP contribution in [0, 0.1) is 5.92 Å². The van der Waals surface area contributed by atoms with Gasteiger partial charge >= 0.3 is 6.03 Å². The fourth-order valence-corrected chi connectivity index (χ4v) is 5.57. The lowest BCUT2D eigenvalue weighted by atomic mass is 9.86. The van der Waals surface area contributed by atoms with Gasteiger partial charge in [0.05, 0.1) is 36.5 Å². The summed E-state index contributed by atoms with van der Waals surface area (Å²) in [4.78, 5) is 18.8. The number of hydrogen-bond donors (Lipinski definition) is 3. The van der Waals surface area contributed by atoms with Crippen molar-refractivity contribution in [2.24, 2.45) is 5.92 Å². The van der Waals surface area contributed by atoms with Crippen LogP contribution in [-0.2, 0) is 0 Å². The average molecular weight is 425 g/mol. The number of amides is 2. The van der Waals surface area contributed by atoms with Crippen LogP contribution in [0.4, 0.5) is 4.79 Å². The summed E-state index contributed by atoms with van der Waals surface area (Å²) in [7, 11) is 0. The Morgan fingerprint density at radius 1 is 1.13 bits per heavy atom. The summed E-state index contributed by atoms with van der Waals surface area (Å²) in [6, 6.07) is 8.67. The number of piperidine rings is 1. The van der Waals surface area contributed by atoms with Crippen LogP contribution in [-0.4, -0.2) is 62.0 Å². The van der Waals surface area contributed by atoms with Crippen LogP contribution in [0.2, 0.25) is 0 Å². The first-order chi connectivity index (χ1) is 15.1. The highest BCUT2D eigenvalue weighted by molar-refractivity contribution is 5.74. The lowest BCUT2D eigenvalue weighted by Gasteiger charge is -2.36. The second kappa shape index (κ2) is 8.63. The Balaban J connectivity index is 1.15. The van der Waals surface area contributed by atoms with E-state index in [4.69, 9.17) is 0 Å². The Hall–Kier alpha value is -2.38. The lowest BCUT2D eigenvalue weighted by molar-refractivity contribution is 0.0529. The van der Waals surface area contributed by atoms with Crippen LogP contribution in [0.25, 0.3) is 11.3 Å². The number of likely N-dealkylation sites (tertiary alicyclic amines) is 1. The van der Waals surface area contributed by atoms with Gasteiger partial charge in [-0.05, 0) is 56.4 Å². The fraction of sp³-hybridized carbons (Fsp3) is 0.583. The van der Waals surface area contributed by atoms with Crippen molar-refractivity contribution in [2.45, 2.75) is 69.2 Å². The largest absolute Gasteiger partial charge is 0.393 e. The molecule has 3 N–H and O–H groups in total. The van der Waals surface area contributed by atoms with Crippen molar-refractivity contribution in [1.29, 1.82) is 0 Å². The number of aliphatic hydroxyl groups is 2. The van der Waals surface area contributed by atoms with Crippen LogP contribution in [0.1, 0.15) is 56.6 Å². The van der Waals surface area contributed by atoms with E-state index in [0.29, 0.717) is 19.5 Å². The highest BCUT2D eigenvalue weighted by Gasteiger charge is 2.34. The molecule has 0 bridgehead atoms. The number of nitrogens with zero attached hydrogens (tertiary/aromatic N) is 3. The molecule has 7 heteroatoms. The van der Waals surface area contributed by atoms with Crippen molar-refractivity contribution in [3.8, 4) is 11.3 Å². The minimum atomic E-state index is -0.406. The smallest absolute Gasteiger partial charge is 0.317 e. The van der Waals surface area contributed by atoms with Gasteiger partial charge in [-0.2, -0.15) is 0 Å². The minimum absolute atomic E-state index is 0.00195. The predicted molar refractivity (Wildman–Crippen MR) is 118 cm³/mol. The number of aliphatic hydroxyl groups excluding tert-OH is 2. The zero-order valence-corrected chi connectivity index (χ0v) is 17.9. The zero-order chi connectivity index (χ0) is 21.4. The maximum Gasteiger partial charge on any atom is 0.317 e. The number of carbonyl (C=O) groups is 1. The molecule has 7 nitrogen and oxygen atoms in total. The molecule has 2 amide bonds. The SMILES string of the molecule is O=C(NC1CCC(O)CC1)N1CCC([C@@H](O)CC2c3ccccc3-c3cncn32)CC1. The Labute approximate surface area is 183 Å². The highest BCUT2D eigenvalue weighted by atomic mass is 16.3. The van der Waals surface area contributed by atoms with Crippen molar-refractivity contribution in [3.63, 3.8) is 0 Å². The second-order valence-corrected chi connectivity index (χ2v) is 9.37. The zero-order valence-electron chi connectivity index (χ0n) is 17.9. The number of imidazole rings is 1. The van der Waals surface area contributed by atoms with Gasteiger partial charge in [-0.1, -0.05) is 24.3 Å². The highest BCUT2D eigenvalue weighted by Crippen LogP contribution is 2.42. The van der Waals surface area contributed by atoms with E-state index in [-0.39, 0.29) is 30.1 Å². The lowest BCUT2D eigenvalue weighted by Crippen LogP contribution is -2.49. The van der Waals surface area contributed by atoms with Gasteiger partial charge in [-0.15, -0.1) is 0 Å². The normalized spacial score (nSPS) is 26.9. The predicted octanol–water partition coefficient (Wildman–Crippen LogP) is 2.93. The van der Waals surface area contributed by atoms with Crippen molar-refractivity contribution in [2.75, 3.05) is 13.1 Å². The molecular formula is C24H32N4O3. The molecule has 1 aromatic carbocycles. The van der Waals surface area contributed by atoms with Gasteiger partial charge in [0, 0.05) is 24.7 Å². The molecule has 3 aliphatic rings. The van der Waals surface area contributed by atoms with Gasteiger partial charge in [0.15, 0.2) is 0 Å². The van der Waals surface area contributed by atoms with Crippen molar-refractivity contribution in [1.82, 2.24) is 19.8 Å². The van der Waals surface area contributed by atoms with E-state index in [0.717, 1.165) is 44.2 Å². The Kier molecular flexibility index (Phi) is 5.71. The van der Waals surface area contributed by atoms with E-state index < -0.39 is 6.10 Å². The Bertz CT molecular complexity index is 913. The van der Waals surface area contributed by atoms with Crippen molar-refractivity contribution < 1.29 is 15.0 Å². The van der Waals surface area contributed by atoms with Crippen molar-refractivity contribution >= 4 is 6.03 Å². The molecule has 31 heavy (non-hydrogen) atoms. The monoisotopic (exact) mass is 424 g/mol. The molecule has 0 spiro atoms. The topological polar surface area (TPSA) is 90.6 Å². The maximum absolute atomic E-state index is 12.6. The maximum atomic E-state index is 12.6. The number of carbonyl (C=O) groups excluding carboxylic acids is 1. The van der Waals surface area contributed by atoms with Crippen LogP contribution in [0.15, 0.2) is 36.8 Å². The Morgan fingerprint density at radius 3 is 2.65 bits per heavy atom. The van der Waals surface area contributed by atoms with E-state index >= 15 is 0 Å². The van der Waals surface area contributed by atoms with Gasteiger partial charge in [0.25, 0.3) is 0 Å². The molecule has 166 valence electrons. The number of hydrogen-bond acceptors (Lipinski definition) is 4. The standard InChI is InChI=1S/C24H32N4O3/c29-18-7-5-17(6-8-18)26-24(31)27-11-9-16(10-12-27)23(30)13-21-19-3-1-2-4-20(19)22-14-25-15-28(21)22/h1-4,14-18,21,23,29-30H,5-13H2,(H,26,31)/t17?,18?,21?,23-/m0/s1. The molecule has 5 rings (SSSR count). The first-order valence-electron chi connectivity index (χ1n) is 11.6. The number of nitrogens with one attached hydrogen (secondary N) is 1. The molecule has 1 unspecified atom stereocenters. The van der Waals surface area contributed by atoms with E-state index in [1.807, 2.05) is 23.5 Å². The third kappa shape index (κ3) is 4.08. The molecule has 2 aliphatic heterocycles. The summed E-state index contributed by atoms with van der Waals surface area (Å²) in [6.45, 7) is 1.36. The van der Waals surface area contributed by atoms with E-state index in [9.17, 15) is 15.0 Å². The summed E-state index contributed by atoms with van der Waals surface area (Å²) in [6.07, 6.45) is 8.69. The quantitative estimate of drug-likeness (QED) is 0.704. The number of benzene rings is 1. The van der Waals surface area contributed by atoms with Crippen LogP contribution < -0.4 is 5.32 Å². The van der Waals surface area contributed by atoms with Gasteiger partial charge < -0.3 is 25.0 Å². The third-order valence-electron chi connectivity index (χ3n) is 7.46. The molecule has 3 heterocycles. The number of fused-ring (bicyclic) bond motifs is 3. The van der Waals surface area contributed by atoms with Crippen LogP contribution in [0.5, 0.6) is 0 Å². The Morgan fingerprint density at radius 2 is 1.87 bits per heavy atom. The summed E-state index contributed by atoms with van der Waals surface area (Å²) >= 11 is 0.